The lowest BCUT2D eigenvalue weighted by atomic mass is 10.1. The normalized spacial score (nSPS) is 58.9. The summed E-state index contributed by atoms with van der Waals surface area (Å²) in [5.41, 5.74) is 0. The van der Waals surface area contributed by atoms with Crippen LogP contribution >= 0.6 is 0 Å². The molecule has 2 aliphatic heterocycles. The number of epoxide rings is 2. The topological polar surface area (TPSA) is 143 Å². The summed E-state index contributed by atoms with van der Waals surface area (Å²) in [5.74, 6) is -10.2. The average Bonchev–Trinajstić information content (AvgIpc) is 2.77. The molecule has 0 bridgehead atoms. The first kappa shape index (κ1) is 8.81. The van der Waals surface area contributed by atoms with Crippen LogP contribution in [0.15, 0.2) is 0 Å². The maximum absolute atomic E-state index is 10.3. The molecule has 0 saturated carbocycles. The Bertz CT molecular complexity index is 290. The minimum absolute atomic E-state index is 1.77. The molecule has 2 aliphatic rings. The lowest BCUT2D eigenvalue weighted by Gasteiger charge is -2.08. The summed E-state index contributed by atoms with van der Waals surface area (Å²) in [5, 5.41) is 44.3. The monoisotopic (exact) mass is 194 g/mol. The Balaban J connectivity index is 2.24. The number of carbonyl (C=O) groups is 1. The van der Waals surface area contributed by atoms with Gasteiger partial charge in [0.2, 0.25) is 6.29 Å². The predicted octanol–water partition coefficient (Wildman–Crippen LogP) is -3.48. The van der Waals surface area contributed by atoms with Gasteiger partial charge in [0.25, 0.3) is 11.6 Å². The summed E-state index contributed by atoms with van der Waals surface area (Å²) in [6.45, 7) is 0. The zero-order chi connectivity index (χ0) is 10.1. The van der Waals surface area contributed by atoms with Gasteiger partial charge in [-0.2, -0.15) is 0 Å². The number of hydrogen-bond acceptors (Lipinski definition) is 7. The molecule has 2 fully saturated rings. The van der Waals surface area contributed by atoms with Gasteiger partial charge in [-0.1, -0.05) is 0 Å². The Hall–Kier alpha value is -0.770. The molecule has 0 aliphatic carbocycles. The number of hydrogen-bond donors (Lipinski definition) is 5. The van der Waals surface area contributed by atoms with Crippen molar-refractivity contribution in [1.29, 1.82) is 0 Å². The molecule has 74 valence electrons. The van der Waals surface area contributed by atoms with Crippen molar-refractivity contribution in [2.45, 2.75) is 23.7 Å². The van der Waals surface area contributed by atoms with Crippen LogP contribution < -0.4 is 0 Å². The van der Waals surface area contributed by atoms with Crippen LogP contribution in [0.2, 0.25) is 0 Å². The first-order valence-electron chi connectivity index (χ1n) is 3.24. The van der Waals surface area contributed by atoms with E-state index in [0.29, 0.717) is 0 Å². The Morgan fingerprint density at radius 3 is 2.00 bits per heavy atom. The second kappa shape index (κ2) is 1.85. The summed E-state index contributed by atoms with van der Waals surface area (Å²) in [6.07, 6.45) is -1.77. The molecule has 1 unspecified atom stereocenters. The number of carboxylic acids is 1. The second-order valence-electron chi connectivity index (χ2n) is 2.86. The van der Waals surface area contributed by atoms with Crippen LogP contribution in [0.5, 0.6) is 0 Å². The van der Waals surface area contributed by atoms with Gasteiger partial charge in [0.1, 0.15) is 0 Å². The first-order chi connectivity index (χ1) is 5.78. The van der Waals surface area contributed by atoms with Gasteiger partial charge in [-0.15, -0.1) is 0 Å². The van der Waals surface area contributed by atoms with Crippen molar-refractivity contribution >= 4 is 5.97 Å². The minimum Gasteiger partial charge on any atom is -0.477 e. The van der Waals surface area contributed by atoms with Crippen molar-refractivity contribution in [3.8, 4) is 0 Å². The van der Waals surface area contributed by atoms with Gasteiger partial charge < -0.3 is 30.3 Å². The number of aliphatic carboxylic acids is 1. The van der Waals surface area contributed by atoms with E-state index in [9.17, 15) is 9.90 Å². The third kappa shape index (κ3) is 0.729. The lowest BCUT2D eigenvalue weighted by molar-refractivity contribution is -0.169. The molecule has 5 N–H and O–H groups in total. The third-order valence-electron chi connectivity index (χ3n) is 2.06. The molecule has 4 atom stereocenters. The fraction of sp³-hybridized carbons (Fsp3) is 0.800. The molecule has 0 spiro atoms. The van der Waals surface area contributed by atoms with E-state index in [4.69, 9.17) is 20.4 Å². The summed E-state index contributed by atoms with van der Waals surface area (Å²) in [4.78, 5) is 10.3. The maximum Gasteiger partial charge on any atom is 0.370 e. The third-order valence-corrected chi connectivity index (χ3v) is 2.06. The SMILES string of the molecule is O=C(O)[C@@]1(O)O[C@]1(O)[C@]1(O)OC1O. The van der Waals surface area contributed by atoms with Crippen LogP contribution in [0.1, 0.15) is 0 Å². The van der Waals surface area contributed by atoms with Crippen molar-refractivity contribution < 1.29 is 39.8 Å². The van der Waals surface area contributed by atoms with E-state index in [1.165, 1.54) is 0 Å². The maximum atomic E-state index is 10.3. The van der Waals surface area contributed by atoms with E-state index < -0.39 is 29.6 Å². The molecule has 2 heterocycles. The summed E-state index contributed by atoms with van der Waals surface area (Å²) < 4.78 is 8.12. The molecular weight excluding hydrogens is 188 g/mol. The van der Waals surface area contributed by atoms with Crippen molar-refractivity contribution in [2.75, 3.05) is 0 Å². The van der Waals surface area contributed by atoms with Crippen molar-refractivity contribution in [2.24, 2.45) is 0 Å². The molecule has 13 heavy (non-hydrogen) atoms. The summed E-state index contributed by atoms with van der Waals surface area (Å²) >= 11 is 0. The highest BCUT2D eigenvalue weighted by Crippen LogP contribution is 2.58. The molecular formula is C5H6O8. The predicted molar refractivity (Wildman–Crippen MR) is 30.7 cm³/mol. The molecule has 2 saturated heterocycles. The van der Waals surface area contributed by atoms with E-state index in [2.05, 4.69) is 9.47 Å². The van der Waals surface area contributed by atoms with E-state index >= 15 is 0 Å². The number of rotatable bonds is 2. The highest BCUT2D eigenvalue weighted by molar-refractivity contribution is 5.80. The molecule has 0 aromatic rings. The molecule has 0 radical (unpaired) electrons. The standard InChI is InChI=1S/C5H6O8/c6-1(7)3(9)5(11,13-3)4(10)2(8)12-4/h2,8-11H,(H,6,7)/t2?,3-,4-,5+/m1/s1. The minimum atomic E-state index is -2.93. The van der Waals surface area contributed by atoms with E-state index in [1.807, 2.05) is 0 Å². The van der Waals surface area contributed by atoms with Crippen LogP contribution in [-0.2, 0) is 14.3 Å². The highest BCUT2D eigenvalue weighted by atomic mass is 16.9. The Kier molecular flexibility index (Phi) is 1.25. The smallest absolute Gasteiger partial charge is 0.370 e. The van der Waals surface area contributed by atoms with Gasteiger partial charge >= 0.3 is 11.8 Å². The van der Waals surface area contributed by atoms with Crippen LogP contribution in [0.4, 0.5) is 0 Å². The highest BCUT2D eigenvalue weighted by Gasteiger charge is 2.92. The van der Waals surface area contributed by atoms with Crippen LogP contribution in [-0.4, -0.2) is 55.2 Å². The van der Waals surface area contributed by atoms with Crippen molar-refractivity contribution in [3.05, 3.63) is 0 Å². The largest absolute Gasteiger partial charge is 0.477 e. The fourth-order valence-corrected chi connectivity index (χ4v) is 1.08. The van der Waals surface area contributed by atoms with Gasteiger partial charge in [-0.05, 0) is 0 Å². The van der Waals surface area contributed by atoms with Crippen LogP contribution in [0, 0.1) is 0 Å². The number of aliphatic hydroxyl groups excluding tert-OH is 1. The van der Waals surface area contributed by atoms with Crippen LogP contribution in [0.3, 0.4) is 0 Å². The van der Waals surface area contributed by atoms with Gasteiger partial charge in [0.15, 0.2) is 0 Å². The molecule has 0 aromatic heterocycles. The molecule has 0 amide bonds. The molecule has 8 nitrogen and oxygen atoms in total. The molecule has 0 aromatic carbocycles. The quantitative estimate of drug-likeness (QED) is 0.285. The summed E-state index contributed by atoms with van der Waals surface area (Å²) in [7, 11) is 0. The van der Waals surface area contributed by atoms with Gasteiger partial charge in [-0.25, -0.2) is 4.79 Å². The Labute approximate surface area is 70.5 Å². The van der Waals surface area contributed by atoms with E-state index in [1.54, 1.807) is 0 Å². The Morgan fingerprint density at radius 2 is 1.77 bits per heavy atom. The van der Waals surface area contributed by atoms with Crippen molar-refractivity contribution in [3.63, 3.8) is 0 Å². The van der Waals surface area contributed by atoms with E-state index in [-0.39, 0.29) is 0 Å². The first-order valence-corrected chi connectivity index (χ1v) is 3.24. The average molecular weight is 194 g/mol. The number of ether oxygens (including phenoxy) is 2. The zero-order valence-corrected chi connectivity index (χ0v) is 6.04. The molecule has 8 heteroatoms. The van der Waals surface area contributed by atoms with Crippen LogP contribution in [0.25, 0.3) is 0 Å². The fourth-order valence-electron chi connectivity index (χ4n) is 1.08. The number of carboxylic acid groups (broad SMARTS) is 1. The van der Waals surface area contributed by atoms with Gasteiger partial charge in [-0.3, -0.25) is 4.74 Å². The Morgan fingerprint density at radius 1 is 1.31 bits per heavy atom. The van der Waals surface area contributed by atoms with Gasteiger partial charge in [0.05, 0.1) is 0 Å². The zero-order valence-electron chi connectivity index (χ0n) is 6.04. The second-order valence-corrected chi connectivity index (χ2v) is 2.86. The number of aliphatic hydroxyl groups is 4. The van der Waals surface area contributed by atoms with Crippen molar-refractivity contribution in [1.82, 2.24) is 0 Å². The molecule has 2 rings (SSSR count). The summed E-state index contributed by atoms with van der Waals surface area (Å²) in [6, 6.07) is 0. The van der Waals surface area contributed by atoms with E-state index in [0.717, 1.165) is 0 Å². The van der Waals surface area contributed by atoms with Gasteiger partial charge in [0, 0.05) is 0 Å². The lowest BCUT2D eigenvalue weighted by Crippen LogP contribution is -2.45.